The van der Waals surface area contributed by atoms with Gasteiger partial charge in [-0.1, -0.05) is 0 Å². The molecule has 0 saturated heterocycles. The first-order valence-corrected chi connectivity index (χ1v) is 6.35. The number of hydrogen-bond acceptors (Lipinski definition) is 2. The molecule has 0 N–H and O–H groups in total. The lowest BCUT2D eigenvalue weighted by Gasteiger charge is -1.55. The number of hydrogen-bond donors (Lipinski definition) is 1. The van der Waals surface area contributed by atoms with Crippen LogP contribution in [0.25, 0.3) is 0 Å². The van der Waals surface area contributed by atoms with Crippen LogP contribution in [0.4, 0.5) is 0 Å². The SMILES string of the molecule is O=[SH](=O)[SiH2]Cl. The van der Waals surface area contributed by atoms with E-state index in [-0.39, 0.29) is 0 Å². The Bertz CT molecular complexity index is 67.7. The summed E-state index contributed by atoms with van der Waals surface area (Å²) in [5.41, 5.74) is 0. The van der Waals surface area contributed by atoms with Crippen molar-refractivity contribution < 1.29 is 8.42 Å². The van der Waals surface area contributed by atoms with Crippen molar-refractivity contribution in [2.24, 2.45) is 0 Å². The van der Waals surface area contributed by atoms with E-state index < -0.39 is 18.1 Å². The van der Waals surface area contributed by atoms with Crippen molar-refractivity contribution >= 4 is 29.2 Å². The Morgan fingerprint density at radius 2 is 1.80 bits per heavy atom. The van der Waals surface area contributed by atoms with Gasteiger partial charge in [0.1, 0.15) is 10.2 Å². The van der Waals surface area contributed by atoms with Gasteiger partial charge in [-0.25, -0.2) is 8.42 Å². The summed E-state index contributed by atoms with van der Waals surface area (Å²) in [6.07, 6.45) is 0. The van der Waals surface area contributed by atoms with E-state index in [4.69, 9.17) is 11.1 Å². The van der Waals surface area contributed by atoms with Crippen LogP contribution in [0.3, 0.4) is 0 Å². The molecule has 0 saturated carbocycles. The summed E-state index contributed by atoms with van der Waals surface area (Å²) >= 11 is 4.88. The molecule has 0 rings (SSSR count). The maximum atomic E-state index is 9.33. The Labute approximate surface area is 38.3 Å². The predicted octanol–water partition coefficient (Wildman–Crippen LogP) is -1.16. The van der Waals surface area contributed by atoms with E-state index in [0.29, 0.717) is 0 Å². The summed E-state index contributed by atoms with van der Waals surface area (Å²) in [5, 5.41) is 0. The molecule has 0 aromatic rings. The Balaban J connectivity index is 3.23. The highest BCUT2D eigenvalue weighted by Crippen LogP contribution is 1.61. The molecule has 0 aliphatic heterocycles. The van der Waals surface area contributed by atoms with Gasteiger partial charge in [-0.15, -0.1) is 0 Å². The van der Waals surface area contributed by atoms with E-state index >= 15 is 0 Å². The lowest BCUT2D eigenvalue weighted by atomic mass is 15.9. The lowest BCUT2D eigenvalue weighted by Crippen LogP contribution is -1.75. The first-order chi connectivity index (χ1) is 2.27. The van der Waals surface area contributed by atoms with Gasteiger partial charge in [-0.3, -0.25) is 0 Å². The molecule has 0 atom stereocenters. The van der Waals surface area contributed by atoms with Crippen molar-refractivity contribution in [3.05, 3.63) is 0 Å². The van der Waals surface area contributed by atoms with Crippen LogP contribution in [0.15, 0.2) is 0 Å². The first kappa shape index (κ1) is 5.46. The number of halogens is 1. The number of thiol groups is 1. The third-order valence-corrected chi connectivity index (χ3v) is 2.63. The zero-order valence-electron chi connectivity index (χ0n) is 2.35. The zero-order valence-corrected chi connectivity index (χ0v) is 5.41. The molecule has 0 bridgehead atoms. The van der Waals surface area contributed by atoms with Crippen LogP contribution in [-0.4, -0.2) is 16.4 Å². The zero-order chi connectivity index (χ0) is 4.28. The number of rotatable bonds is 1. The molecule has 0 heterocycles. The van der Waals surface area contributed by atoms with Gasteiger partial charge in [0.05, 0.1) is 0 Å². The van der Waals surface area contributed by atoms with Gasteiger partial charge in [0.2, 0.25) is 0 Å². The fourth-order valence-electron chi connectivity index (χ4n) is 0. The highest BCUT2D eigenvalue weighted by atomic mass is 35.6. The molecule has 0 aromatic carbocycles. The molecule has 0 aliphatic carbocycles. The van der Waals surface area contributed by atoms with Gasteiger partial charge < -0.3 is 0 Å². The van der Waals surface area contributed by atoms with Crippen molar-refractivity contribution in [2.45, 2.75) is 0 Å². The van der Waals surface area contributed by atoms with Gasteiger partial charge in [-0.2, -0.15) is 11.1 Å². The van der Waals surface area contributed by atoms with Gasteiger partial charge in [0, 0.05) is 0 Å². The average molecular weight is 131 g/mol. The summed E-state index contributed by atoms with van der Waals surface area (Å²) in [5.74, 6) is 0. The monoisotopic (exact) mass is 130 g/mol. The first-order valence-electron chi connectivity index (χ1n) is 0.949. The van der Waals surface area contributed by atoms with Gasteiger partial charge in [0.15, 0.2) is 0 Å². The fraction of sp³-hybridized carbons (Fsp3) is 0. The van der Waals surface area contributed by atoms with Gasteiger partial charge in [0.25, 0.3) is 7.98 Å². The van der Waals surface area contributed by atoms with E-state index in [0.717, 1.165) is 0 Å². The smallest absolute Gasteiger partial charge is 0.238 e. The third kappa shape index (κ3) is 4.46. The molecule has 0 amide bonds. The van der Waals surface area contributed by atoms with Crippen molar-refractivity contribution in [1.82, 2.24) is 0 Å². The molecule has 0 spiro atoms. The average Bonchev–Trinajstić information content (AvgIpc) is 1.38. The molecule has 0 aromatic heterocycles. The van der Waals surface area contributed by atoms with Crippen LogP contribution < -0.4 is 0 Å². The summed E-state index contributed by atoms with van der Waals surface area (Å²) in [6, 6.07) is 0. The normalized spacial score (nSPS) is 11.6. The quantitative estimate of drug-likeness (QED) is 0.276. The Kier molecular flexibility index (Phi) is 2.93. The van der Waals surface area contributed by atoms with E-state index in [1.54, 1.807) is 0 Å². The molecule has 0 unspecified atom stereocenters. The topological polar surface area (TPSA) is 34.1 Å². The van der Waals surface area contributed by atoms with Crippen LogP contribution in [0.5, 0.6) is 0 Å². The largest absolute Gasteiger partial charge is 0.257 e. The van der Waals surface area contributed by atoms with Crippen LogP contribution in [0, 0.1) is 0 Å². The molecule has 2 nitrogen and oxygen atoms in total. The van der Waals surface area contributed by atoms with Crippen LogP contribution in [0.2, 0.25) is 0 Å². The maximum Gasteiger partial charge on any atom is 0.257 e. The van der Waals surface area contributed by atoms with E-state index in [1.165, 1.54) is 0 Å². The van der Waals surface area contributed by atoms with Gasteiger partial charge in [-0.05, 0) is 0 Å². The second-order valence-electron chi connectivity index (χ2n) is 0.452. The molecular formula is H3ClO2SSi. The Hall–Kier alpha value is 0.457. The minimum atomic E-state index is -2.19. The Morgan fingerprint density at radius 3 is 1.80 bits per heavy atom. The van der Waals surface area contributed by atoms with Crippen molar-refractivity contribution in [1.29, 1.82) is 0 Å². The molecule has 0 aliphatic rings. The molecular weight excluding hydrogens is 128 g/mol. The van der Waals surface area contributed by atoms with Crippen molar-refractivity contribution in [3.63, 3.8) is 0 Å². The minimum absolute atomic E-state index is 1.23. The van der Waals surface area contributed by atoms with E-state index in [9.17, 15) is 8.42 Å². The Morgan fingerprint density at radius 1 is 1.60 bits per heavy atom. The van der Waals surface area contributed by atoms with Crippen molar-refractivity contribution in [3.8, 4) is 0 Å². The molecule has 5 heavy (non-hydrogen) atoms. The highest BCUT2D eigenvalue weighted by molar-refractivity contribution is 8.05. The molecule has 0 radical (unpaired) electrons. The predicted molar refractivity (Wildman–Crippen MR) is 24.7 cm³/mol. The molecule has 32 valence electrons. The van der Waals surface area contributed by atoms with Crippen molar-refractivity contribution in [2.75, 3.05) is 0 Å². The van der Waals surface area contributed by atoms with Crippen LogP contribution in [-0.2, 0) is 10.2 Å². The summed E-state index contributed by atoms with van der Waals surface area (Å²) in [4.78, 5) is 0. The highest BCUT2D eigenvalue weighted by Gasteiger charge is 1.72. The molecule has 5 heteroatoms. The fourth-order valence-corrected chi connectivity index (χ4v) is 0. The second-order valence-corrected chi connectivity index (χ2v) is 5.77. The summed E-state index contributed by atoms with van der Waals surface area (Å²) < 4.78 is 18.7. The van der Waals surface area contributed by atoms with Crippen LogP contribution in [0.1, 0.15) is 0 Å². The van der Waals surface area contributed by atoms with Crippen LogP contribution >= 0.6 is 11.1 Å². The summed E-state index contributed by atoms with van der Waals surface area (Å²) in [7, 11) is -3.42. The van der Waals surface area contributed by atoms with E-state index in [2.05, 4.69) is 0 Å². The minimum Gasteiger partial charge on any atom is -0.238 e. The van der Waals surface area contributed by atoms with E-state index in [1.807, 2.05) is 0 Å². The standard InChI is InChI=1S/ClH3O2SSi/c1-5-4(2)3/h4H,5H2. The van der Waals surface area contributed by atoms with Gasteiger partial charge >= 0.3 is 0 Å². The molecule has 0 fully saturated rings. The lowest BCUT2D eigenvalue weighted by molar-refractivity contribution is 0.625. The third-order valence-electron chi connectivity index (χ3n) is 0.0976. The maximum absolute atomic E-state index is 9.33. The second kappa shape index (κ2) is 2.68. The summed E-state index contributed by atoms with van der Waals surface area (Å²) in [6.45, 7) is 0.